The Morgan fingerprint density at radius 1 is 1.35 bits per heavy atom. The Balaban J connectivity index is 1.40. The predicted molar refractivity (Wildman–Crippen MR) is 95.0 cm³/mol. The van der Waals surface area contributed by atoms with Crippen molar-refractivity contribution < 1.29 is 9.90 Å². The summed E-state index contributed by atoms with van der Waals surface area (Å²) in [6.07, 6.45) is 8.02. The molecule has 6 nitrogen and oxygen atoms in total. The first-order chi connectivity index (χ1) is 12.6. The number of benzene rings is 1. The minimum atomic E-state index is -0.510. The highest BCUT2D eigenvalue weighted by Gasteiger charge is 2.52. The van der Waals surface area contributed by atoms with Gasteiger partial charge in [-0.3, -0.25) is 4.79 Å². The number of aromatic nitrogens is 2. The summed E-state index contributed by atoms with van der Waals surface area (Å²) in [5.74, 6) is 0.323. The van der Waals surface area contributed by atoms with Crippen LogP contribution in [0.3, 0.4) is 0 Å². The van der Waals surface area contributed by atoms with Crippen LogP contribution >= 0.6 is 0 Å². The van der Waals surface area contributed by atoms with Gasteiger partial charge in [-0.1, -0.05) is 12.1 Å². The van der Waals surface area contributed by atoms with Gasteiger partial charge >= 0.3 is 0 Å². The molecular weight excluding hydrogens is 328 g/mol. The number of aliphatic hydroxyl groups is 1. The Kier molecular flexibility index (Phi) is 4.25. The standard InChI is InChI=1S/C20H22N4O2/c21-11-14-1-3-16(4-2-14)20(5-6-20)19(26)23-17-9-15(10-18(17)25)12-24-8-7-22-13-24/h1-4,7-8,13,15,17-18,25H,5-6,9-10,12H2,(H,23,26)/t15?,17-,18-/m1/s1. The first-order valence-corrected chi connectivity index (χ1v) is 9.06. The second-order valence-electron chi connectivity index (χ2n) is 7.52. The van der Waals surface area contributed by atoms with E-state index < -0.39 is 11.5 Å². The lowest BCUT2D eigenvalue weighted by atomic mass is 9.93. The average Bonchev–Trinajstić information content (AvgIpc) is 3.18. The smallest absolute Gasteiger partial charge is 0.230 e. The van der Waals surface area contributed by atoms with Gasteiger partial charge in [0, 0.05) is 18.9 Å². The van der Waals surface area contributed by atoms with Crippen molar-refractivity contribution in [1.82, 2.24) is 14.9 Å². The van der Waals surface area contributed by atoms with Crippen molar-refractivity contribution in [1.29, 1.82) is 5.26 Å². The molecule has 1 aromatic carbocycles. The highest BCUT2D eigenvalue weighted by atomic mass is 16.3. The molecule has 0 bridgehead atoms. The van der Waals surface area contributed by atoms with E-state index >= 15 is 0 Å². The Morgan fingerprint density at radius 2 is 2.12 bits per heavy atom. The second kappa shape index (κ2) is 6.58. The van der Waals surface area contributed by atoms with Crippen LogP contribution < -0.4 is 5.32 Å². The van der Waals surface area contributed by atoms with Gasteiger partial charge in [-0.05, 0) is 49.3 Å². The van der Waals surface area contributed by atoms with Gasteiger partial charge in [0.15, 0.2) is 0 Å². The number of amides is 1. The SMILES string of the molecule is N#Cc1ccc(C2(C(=O)N[C@@H]3CC(Cn4ccnc4)C[C@H]3O)CC2)cc1. The zero-order valence-corrected chi connectivity index (χ0v) is 14.5. The summed E-state index contributed by atoms with van der Waals surface area (Å²) in [5, 5.41) is 22.4. The Labute approximate surface area is 152 Å². The second-order valence-corrected chi connectivity index (χ2v) is 7.52. The van der Waals surface area contributed by atoms with Gasteiger partial charge in [-0.2, -0.15) is 5.26 Å². The summed E-state index contributed by atoms with van der Waals surface area (Å²) in [4.78, 5) is 17.0. The largest absolute Gasteiger partial charge is 0.391 e. The van der Waals surface area contributed by atoms with Crippen LogP contribution in [0.4, 0.5) is 0 Å². The molecule has 2 aliphatic carbocycles. The minimum Gasteiger partial charge on any atom is -0.391 e. The Morgan fingerprint density at radius 3 is 2.73 bits per heavy atom. The number of carbonyl (C=O) groups is 1. The van der Waals surface area contributed by atoms with E-state index in [-0.39, 0.29) is 11.9 Å². The normalized spacial score (nSPS) is 26.2. The van der Waals surface area contributed by atoms with E-state index in [1.165, 1.54) is 0 Å². The molecule has 6 heteroatoms. The first-order valence-electron chi connectivity index (χ1n) is 9.06. The fraction of sp³-hybridized carbons (Fsp3) is 0.450. The van der Waals surface area contributed by atoms with Gasteiger partial charge in [0.2, 0.25) is 5.91 Å². The van der Waals surface area contributed by atoms with E-state index in [9.17, 15) is 9.90 Å². The van der Waals surface area contributed by atoms with Crippen LogP contribution in [0, 0.1) is 17.2 Å². The number of nitrogens with one attached hydrogen (secondary N) is 1. The summed E-state index contributed by atoms with van der Waals surface area (Å²) in [6, 6.07) is 9.16. The van der Waals surface area contributed by atoms with Crippen LogP contribution in [0.1, 0.15) is 36.8 Å². The number of hydrogen-bond donors (Lipinski definition) is 2. The molecule has 3 atom stereocenters. The van der Waals surface area contributed by atoms with E-state index in [4.69, 9.17) is 5.26 Å². The van der Waals surface area contributed by atoms with Crippen LogP contribution in [-0.2, 0) is 16.8 Å². The highest BCUT2D eigenvalue weighted by Crippen LogP contribution is 2.48. The maximum Gasteiger partial charge on any atom is 0.230 e. The Bertz CT molecular complexity index is 818. The van der Waals surface area contributed by atoms with E-state index in [2.05, 4.69) is 16.4 Å². The Hall–Kier alpha value is -2.65. The lowest BCUT2D eigenvalue weighted by Crippen LogP contribution is -2.45. The lowest BCUT2D eigenvalue weighted by Gasteiger charge is -2.22. The van der Waals surface area contributed by atoms with Crippen molar-refractivity contribution >= 4 is 5.91 Å². The predicted octanol–water partition coefficient (Wildman–Crippen LogP) is 1.74. The van der Waals surface area contributed by atoms with Crippen LogP contribution in [-0.4, -0.2) is 32.7 Å². The van der Waals surface area contributed by atoms with Gasteiger partial charge in [-0.15, -0.1) is 0 Å². The molecule has 4 rings (SSSR count). The molecule has 1 heterocycles. The van der Waals surface area contributed by atoms with Crippen LogP contribution in [0.5, 0.6) is 0 Å². The molecule has 26 heavy (non-hydrogen) atoms. The number of imidazole rings is 1. The molecule has 1 amide bonds. The summed E-state index contributed by atoms with van der Waals surface area (Å²) < 4.78 is 2.01. The van der Waals surface area contributed by atoms with E-state index in [0.29, 0.717) is 17.9 Å². The molecule has 0 radical (unpaired) electrons. The summed E-state index contributed by atoms with van der Waals surface area (Å²) in [7, 11) is 0. The van der Waals surface area contributed by atoms with Crippen LogP contribution in [0.2, 0.25) is 0 Å². The van der Waals surface area contributed by atoms with Crippen molar-refractivity contribution in [2.45, 2.75) is 49.8 Å². The molecule has 0 saturated heterocycles. The molecule has 1 aromatic heterocycles. The molecular formula is C20H22N4O2. The average molecular weight is 350 g/mol. The van der Waals surface area contributed by atoms with Crippen molar-refractivity contribution in [3.8, 4) is 6.07 Å². The molecule has 2 aromatic rings. The van der Waals surface area contributed by atoms with Crippen molar-refractivity contribution in [3.63, 3.8) is 0 Å². The quantitative estimate of drug-likeness (QED) is 0.859. The van der Waals surface area contributed by atoms with Crippen molar-refractivity contribution in [3.05, 3.63) is 54.1 Å². The van der Waals surface area contributed by atoms with E-state index in [1.807, 2.05) is 22.9 Å². The molecule has 1 unspecified atom stereocenters. The van der Waals surface area contributed by atoms with Gasteiger partial charge in [0.1, 0.15) is 0 Å². The number of hydrogen-bond acceptors (Lipinski definition) is 4. The minimum absolute atomic E-state index is 0.00506. The van der Waals surface area contributed by atoms with Crippen LogP contribution in [0.15, 0.2) is 43.0 Å². The number of nitrogens with zero attached hydrogens (tertiary/aromatic N) is 3. The van der Waals surface area contributed by atoms with Crippen molar-refractivity contribution in [2.24, 2.45) is 5.92 Å². The number of carbonyl (C=O) groups excluding carboxylic acids is 1. The summed E-state index contributed by atoms with van der Waals surface area (Å²) >= 11 is 0. The monoisotopic (exact) mass is 350 g/mol. The lowest BCUT2D eigenvalue weighted by molar-refractivity contribution is -0.125. The van der Waals surface area contributed by atoms with Crippen molar-refractivity contribution in [2.75, 3.05) is 0 Å². The molecule has 2 fully saturated rings. The number of aliphatic hydroxyl groups excluding tert-OH is 1. The molecule has 0 spiro atoms. The van der Waals surface area contributed by atoms with E-state index in [1.54, 1.807) is 24.7 Å². The summed E-state index contributed by atoms with van der Waals surface area (Å²) in [6.45, 7) is 0.810. The maximum absolute atomic E-state index is 12.9. The zero-order valence-electron chi connectivity index (χ0n) is 14.5. The van der Waals surface area contributed by atoms with E-state index in [0.717, 1.165) is 31.4 Å². The molecule has 2 saturated carbocycles. The molecule has 0 aliphatic heterocycles. The molecule has 134 valence electrons. The first kappa shape index (κ1) is 16.8. The molecule has 2 aliphatic rings. The number of rotatable bonds is 5. The van der Waals surface area contributed by atoms with Gasteiger partial charge in [-0.25, -0.2) is 4.98 Å². The highest BCUT2D eigenvalue weighted by molar-refractivity contribution is 5.91. The van der Waals surface area contributed by atoms with Gasteiger partial charge < -0.3 is 15.0 Å². The third-order valence-electron chi connectivity index (χ3n) is 5.72. The maximum atomic E-state index is 12.9. The zero-order chi connectivity index (χ0) is 18.1. The van der Waals surface area contributed by atoms with Gasteiger partial charge in [0.25, 0.3) is 0 Å². The third kappa shape index (κ3) is 3.11. The topological polar surface area (TPSA) is 90.9 Å². The number of nitriles is 1. The fourth-order valence-electron chi connectivity index (χ4n) is 4.06. The molecule has 2 N–H and O–H groups in total. The third-order valence-corrected chi connectivity index (χ3v) is 5.72. The van der Waals surface area contributed by atoms with Gasteiger partial charge in [0.05, 0.1) is 35.5 Å². The van der Waals surface area contributed by atoms with Crippen LogP contribution in [0.25, 0.3) is 0 Å². The fourth-order valence-corrected chi connectivity index (χ4v) is 4.06. The summed E-state index contributed by atoms with van der Waals surface area (Å²) in [5.41, 5.74) is 1.06.